The van der Waals surface area contributed by atoms with Gasteiger partial charge in [-0.25, -0.2) is 0 Å². The summed E-state index contributed by atoms with van der Waals surface area (Å²) in [5.41, 5.74) is 21.7. The first-order valence-electron chi connectivity index (χ1n) is 45.0. The van der Waals surface area contributed by atoms with Gasteiger partial charge in [0.2, 0.25) is 0 Å². The number of benzene rings is 20. The molecule has 0 amide bonds. The Morgan fingerprint density at radius 2 is 0.348 bits per heavy atom. The van der Waals surface area contributed by atoms with Crippen molar-refractivity contribution in [2.75, 3.05) is 0 Å². The number of hydrogen-bond donors (Lipinski definition) is 0. The maximum atomic E-state index is 5.06. The number of hydrogen-bond acceptors (Lipinski definition) is 9. The molecule has 0 aliphatic heterocycles. The Balaban J connectivity index is 0.000000111. The first-order valence-corrected chi connectivity index (χ1v) is 50.2. The van der Waals surface area contributed by atoms with E-state index in [1.165, 1.54) is 130 Å². The fraction of sp³-hybridized carbons (Fsp3) is 0. The van der Waals surface area contributed by atoms with Gasteiger partial charge in [-0.3, -0.25) is 0 Å². The van der Waals surface area contributed by atoms with Gasteiger partial charge in [0, 0.05) is 0 Å². The first-order chi connectivity index (χ1) is 66.9. The van der Waals surface area contributed by atoms with Crippen LogP contribution in [-0.2, 0) is 0 Å². The van der Waals surface area contributed by atoms with Crippen LogP contribution in [0.25, 0.3) is 248 Å². The van der Waals surface area contributed by atoms with Gasteiger partial charge >= 0.3 is 743 Å². The number of fused-ring (bicyclic) bond motifs is 12. The molecule has 0 fully saturated rings. The molecule has 0 aliphatic rings. The minimum atomic E-state index is 0.164. The van der Waals surface area contributed by atoms with Crippen LogP contribution in [0.3, 0.4) is 0 Å². The Kier molecular flexibility index (Phi) is 21.9. The molecule has 135 heavy (non-hydrogen) atoms. The molecule has 20 aromatic carbocycles. The summed E-state index contributed by atoms with van der Waals surface area (Å²) in [6.45, 7) is 0. The van der Waals surface area contributed by atoms with Gasteiger partial charge in [0.1, 0.15) is 0 Å². The van der Waals surface area contributed by atoms with Gasteiger partial charge in [-0.2, -0.15) is 0 Å². The van der Waals surface area contributed by atoms with Crippen LogP contribution in [0.4, 0.5) is 0 Å². The van der Waals surface area contributed by atoms with Crippen LogP contribution >= 0.6 is 0 Å². The van der Waals surface area contributed by atoms with Crippen molar-refractivity contribution in [2.45, 2.75) is 0 Å². The molecular weight excluding hydrogens is 1840 g/mol. The molecule has 6 aromatic heterocycles. The first kappa shape index (κ1) is 82.0. The summed E-state index contributed by atoms with van der Waals surface area (Å²) >= 11 is 0.616. The van der Waals surface area contributed by atoms with Crippen molar-refractivity contribution in [1.29, 1.82) is 0 Å². The zero-order chi connectivity index (χ0) is 89.5. The quantitative estimate of drug-likeness (QED) is 0.0981. The SMILES string of the molecule is c1ccc(-c2nc(-c3ccccc3)nc(-c3ccc(-c4cccc5c4[se]c4c(-c6ccccc6)cccc45)c4ccccc34)n2)cc1.c1ccc(-c2nc(-c3ccccc3)nc(-c3ccc(-c4cccc5c4[se]c4ccccc45)c4ccccc34)n2)cc1.c1ccc(-c2nc(-c3ccccc3)nc(-c3ccc4c(-c5cccc6c5[se]c5c(-c7ccccc7)cccc56)cccc4c3)n2)cc1. The smallest absolute Gasteiger partial charge is 0.0615 e. The molecule has 0 atom stereocenters. The number of rotatable bonds is 14. The third-order valence-electron chi connectivity index (χ3n) is 25.1. The zero-order valence-corrected chi connectivity index (χ0v) is 77.8. The van der Waals surface area contributed by atoms with Crippen LogP contribution in [0.5, 0.6) is 0 Å². The van der Waals surface area contributed by atoms with Crippen LogP contribution in [0.1, 0.15) is 0 Å². The van der Waals surface area contributed by atoms with Crippen LogP contribution in [0.15, 0.2) is 467 Å². The third-order valence-corrected chi connectivity index (χ3v) is 33.0. The summed E-state index contributed by atoms with van der Waals surface area (Å²) < 4.78 is 8.73. The van der Waals surface area contributed by atoms with E-state index < -0.39 is 0 Å². The van der Waals surface area contributed by atoms with Crippen LogP contribution in [0.2, 0.25) is 0 Å². The second-order valence-electron chi connectivity index (χ2n) is 33.2. The number of nitrogens with zero attached hydrogens (tertiary/aromatic N) is 9. The minimum Gasteiger partial charge on any atom is -0.0615 e. The van der Waals surface area contributed by atoms with E-state index in [9.17, 15) is 0 Å². The summed E-state index contributed by atoms with van der Waals surface area (Å²) in [4.78, 5) is 44.8. The molecule has 0 bridgehead atoms. The van der Waals surface area contributed by atoms with Gasteiger partial charge in [-0.15, -0.1) is 0 Å². The van der Waals surface area contributed by atoms with Crippen molar-refractivity contribution in [3.05, 3.63) is 467 Å². The Bertz CT molecular complexity index is 8800. The second kappa shape index (κ2) is 36.1. The van der Waals surface area contributed by atoms with E-state index in [-0.39, 0.29) is 43.5 Å². The zero-order valence-electron chi connectivity index (χ0n) is 72.7. The standard InChI is InChI=1S/2C43H27N3Se.C37H23N3Se/c1-4-13-28(14-5-1)34-20-11-23-37-38-24-12-22-36(40(38)47-39(34)37)35-21-10-19-31-27-32(25-26-33(31)35)43-45-41(29-15-6-2-7-16-29)44-42(46-43)30-17-8-3-9-18-30;1-4-14-28(15-5-1)31-22-12-24-36-37-25-13-23-35(40(37)47-39(31)36)34-26-27-38(33-21-11-10-20-32(33)34)43-45-41(29-16-6-2-7-17-29)44-42(46-43)30-18-8-3-9-19-30;1-3-12-24(13-4-1)35-38-36(25-14-5-2-6-15-25)40-37(39-35)32-23-22-28(26-16-7-8-17-27(26)32)30-19-11-20-31-29-18-9-10-21-33(29)41-34(30)31/h2*1-27H;1-23H. The van der Waals surface area contributed by atoms with Gasteiger partial charge in [0.15, 0.2) is 0 Å². The molecule has 0 saturated carbocycles. The molecule has 0 radical (unpaired) electrons. The molecule has 9 nitrogen and oxygen atoms in total. The van der Waals surface area contributed by atoms with Gasteiger partial charge in [-0.05, 0) is 0 Å². The summed E-state index contributed by atoms with van der Waals surface area (Å²) in [5.74, 6) is 6.01. The third kappa shape index (κ3) is 15.8. The summed E-state index contributed by atoms with van der Waals surface area (Å²) in [7, 11) is 0. The van der Waals surface area contributed by atoms with E-state index in [0.717, 1.165) is 66.2 Å². The summed E-state index contributed by atoms with van der Waals surface area (Å²) in [6.07, 6.45) is 0. The van der Waals surface area contributed by atoms with Gasteiger partial charge in [0.05, 0.1) is 0 Å². The van der Waals surface area contributed by atoms with Gasteiger partial charge < -0.3 is 0 Å². The predicted molar refractivity (Wildman–Crippen MR) is 564 cm³/mol. The Hall–Kier alpha value is -16.2. The summed E-state index contributed by atoms with van der Waals surface area (Å²) in [5, 5.41) is 15.2. The van der Waals surface area contributed by atoms with E-state index in [1.807, 2.05) is 182 Å². The fourth-order valence-electron chi connectivity index (χ4n) is 18.6. The molecule has 632 valence electrons. The number of aromatic nitrogens is 9. The molecule has 0 aliphatic carbocycles. The van der Waals surface area contributed by atoms with E-state index >= 15 is 0 Å². The van der Waals surface area contributed by atoms with E-state index in [1.54, 1.807) is 0 Å². The molecule has 0 unspecified atom stereocenters. The van der Waals surface area contributed by atoms with Crippen LogP contribution in [0, 0.1) is 0 Å². The van der Waals surface area contributed by atoms with Gasteiger partial charge in [-0.1, -0.05) is 60.7 Å². The predicted octanol–water partition coefficient (Wildman–Crippen LogP) is 30.5. The van der Waals surface area contributed by atoms with E-state index in [4.69, 9.17) is 44.9 Å². The van der Waals surface area contributed by atoms with Crippen molar-refractivity contribution in [1.82, 2.24) is 44.9 Å². The Labute approximate surface area is 797 Å². The molecule has 26 rings (SSSR count). The van der Waals surface area contributed by atoms with Crippen molar-refractivity contribution in [3.63, 3.8) is 0 Å². The monoisotopic (exact) mass is 1920 g/mol. The average Bonchev–Trinajstić information content (AvgIpc) is 1.61. The summed E-state index contributed by atoms with van der Waals surface area (Å²) in [6, 6.07) is 164. The van der Waals surface area contributed by atoms with E-state index in [2.05, 4.69) is 285 Å². The van der Waals surface area contributed by atoms with Crippen LogP contribution in [-0.4, -0.2) is 88.4 Å². The minimum absolute atomic E-state index is 0.164. The molecule has 26 aromatic rings. The van der Waals surface area contributed by atoms with E-state index in [0.29, 0.717) is 52.4 Å². The molecular formula is C123H77N9Se3. The van der Waals surface area contributed by atoms with Crippen molar-refractivity contribution < 1.29 is 0 Å². The van der Waals surface area contributed by atoms with Gasteiger partial charge in [0.25, 0.3) is 0 Å². The van der Waals surface area contributed by atoms with Crippen molar-refractivity contribution >= 4 is 134 Å². The van der Waals surface area contributed by atoms with Crippen molar-refractivity contribution in [3.8, 4) is 158 Å². The molecule has 0 spiro atoms. The second-order valence-corrected chi connectivity index (χ2v) is 39.7. The molecule has 0 saturated heterocycles. The maximum absolute atomic E-state index is 5.06. The Morgan fingerprint density at radius 3 is 0.696 bits per heavy atom. The topological polar surface area (TPSA) is 116 Å². The molecule has 6 heterocycles. The normalized spacial score (nSPS) is 11.4. The molecule has 12 heteroatoms. The molecule has 0 N–H and O–H groups in total. The average molecular weight is 1920 g/mol. The van der Waals surface area contributed by atoms with Crippen molar-refractivity contribution in [2.24, 2.45) is 0 Å². The fourth-order valence-corrected chi connectivity index (χ4v) is 26.9. The Morgan fingerprint density at radius 1 is 0.119 bits per heavy atom. The van der Waals surface area contributed by atoms with Crippen LogP contribution < -0.4 is 0 Å².